The van der Waals surface area contributed by atoms with E-state index in [-0.39, 0.29) is 36.4 Å². The normalized spacial score (nSPS) is 16.0. The van der Waals surface area contributed by atoms with Crippen molar-refractivity contribution in [3.63, 3.8) is 0 Å². The average Bonchev–Trinajstić information content (AvgIpc) is 2.95. The largest absolute Gasteiger partial charge is 0.468 e. The van der Waals surface area contributed by atoms with E-state index in [4.69, 9.17) is 17.0 Å². The Labute approximate surface area is 188 Å². The van der Waals surface area contributed by atoms with Crippen molar-refractivity contribution < 1.29 is 19.1 Å². The molecule has 0 aromatic heterocycles. The first-order valence-corrected chi connectivity index (χ1v) is 10.4. The van der Waals surface area contributed by atoms with E-state index in [0.29, 0.717) is 5.69 Å². The van der Waals surface area contributed by atoms with Crippen LogP contribution in [0.3, 0.4) is 0 Å². The first kappa shape index (κ1) is 21.9. The summed E-state index contributed by atoms with van der Waals surface area (Å²) in [6, 6.07) is 15.6. The van der Waals surface area contributed by atoms with E-state index in [1.807, 2.05) is 30.3 Å². The zero-order valence-corrected chi connectivity index (χ0v) is 18.6. The number of nitrogens with one attached hydrogen (secondary N) is 1. The minimum absolute atomic E-state index is 0.142. The molecule has 2 amide bonds. The molecule has 156 valence electrons. The maximum absolute atomic E-state index is 13.1. The van der Waals surface area contributed by atoms with Gasteiger partial charge in [-0.25, -0.2) is 0 Å². The van der Waals surface area contributed by atoms with Gasteiger partial charge in [0.15, 0.2) is 5.11 Å². The maximum atomic E-state index is 13.1. The van der Waals surface area contributed by atoms with Gasteiger partial charge in [0, 0.05) is 10.2 Å². The van der Waals surface area contributed by atoms with Crippen LogP contribution in [0.15, 0.2) is 59.1 Å². The molecule has 7 nitrogen and oxygen atoms in total. The Morgan fingerprint density at radius 1 is 1.13 bits per heavy atom. The van der Waals surface area contributed by atoms with Gasteiger partial charge in [-0.15, -0.1) is 0 Å². The topological polar surface area (TPSA) is 79.0 Å². The first-order chi connectivity index (χ1) is 14.4. The summed E-state index contributed by atoms with van der Waals surface area (Å²) in [5.41, 5.74) is 1.50. The highest BCUT2D eigenvalue weighted by Crippen LogP contribution is 2.24. The third kappa shape index (κ3) is 5.22. The highest BCUT2D eigenvalue weighted by molar-refractivity contribution is 9.10. The van der Waals surface area contributed by atoms with E-state index in [0.717, 1.165) is 10.0 Å². The van der Waals surface area contributed by atoms with Crippen molar-refractivity contribution >= 4 is 56.7 Å². The van der Waals surface area contributed by atoms with Gasteiger partial charge in [-0.2, -0.15) is 0 Å². The highest BCUT2D eigenvalue weighted by Gasteiger charge is 2.44. The number of benzene rings is 2. The van der Waals surface area contributed by atoms with Crippen LogP contribution >= 0.6 is 28.1 Å². The molecule has 1 fully saturated rings. The molecule has 0 bridgehead atoms. The zero-order chi connectivity index (χ0) is 21.7. The van der Waals surface area contributed by atoms with Gasteiger partial charge in [0.1, 0.15) is 12.6 Å². The van der Waals surface area contributed by atoms with Crippen LogP contribution in [0.1, 0.15) is 12.0 Å². The molecule has 1 atom stereocenters. The number of ether oxygens (including phenoxy) is 1. The Morgan fingerprint density at radius 3 is 2.43 bits per heavy atom. The number of thiocarbonyl (C=S) groups is 1. The molecular weight excluding hydrogens is 470 g/mol. The molecule has 30 heavy (non-hydrogen) atoms. The zero-order valence-electron chi connectivity index (χ0n) is 16.2. The summed E-state index contributed by atoms with van der Waals surface area (Å²) >= 11 is 8.81. The van der Waals surface area contributed by atoms with Crippen LogP contribution in [0, 0.1) is 0 Å². The van der Waals surface area contributed by atoms with Crippen LogP contribution in [0.5, 0.6) is 0 Å². The lowest BCUT2D eigenvalue weighted by atomic mass is 10.1. The number of anilines is 1. The summed E-state index contributed by atoms with van der Waals surface area (Å²) in [6.07, 6.45) is -0.142. The third-order valence-corrected chi connectivity index (χ3v) is 5.60. The van der Waals surface area contributed by atoms with Crippen LogP contribution in [-0.2, 0) is 25.7 Å². The van der Waals surface area contributed by atoms with E-state index in [2.05, 4.69) is 21.2 Å². The SMILES string of the molecule is COC(=O)CN1C(=S)N(Cc2ccccc2)C(=O)[C@@H]1CC(=O)Nc1ccc(Br)cc1. The molecule has 1 aliphatic rings. The number of esters is 1. The van der Waals surface area contributed by atoms with Crippen molar-refractivity contribution in [1.82, 2.24) is 9.80 Å². The monoisotopic (exact) mass is 489 g/mol. The number of hydrogen-bond donors (Lipinski definition) is 1. The average molecular weight is 490 g/mol. The van der Waals surface area contributed by atoms with Crippen LogP contribution in [0.2, 0.25) is 0 Å². The lowest BCUT2D eigenvalue weighted by Gasteiger charge is -2.22. The van der Waals surface area contributed by atoms with E-state index < -0.39 is 12.0 Å². The van der Waals surface area contributed by atoms with E-state index in [1.54, 1.807) is 24.3 Å². The van der Waals surface area contributed by atoms with Crippen molar-refractivity contribution in [2.45, 2.75) is 19.0 Å². The van der Waals surface area contributed by atoms with Crippen molar-refractivity contribution in [1.29, 1.82) is 0 Å². The number of carbonyl (C=O) groups excluding carboxylic acids is 3. The Morgan fingerprint density at radius 2 is 1.80 bits per heavy atom. The fraction of sp³-hybridized carbons (Fsp3) is 0.238. The van der Waals surface area contributed by atoms with Gasteiger partial charge in [-0.3, -0.25) is 19.3 Å². The summed E-state index contributed by atoms with van der Waals surface area (Å²) in [4.78, 5) is 40.4. The summed E-state index contributed by atoms with van der Waals surface area (Å²) < 4.78 is 5.62. The third-order valence-electron chi connectivity index (χ3n) is 4.62. The molecular formula is C21H20BrN3O4S. The van der Waals surface area contributed by atoms with E-state index in [9.17, 15) is 14.4 Å². The summed E-state index contributed by atoms with van der Waals surface area (Å²) in [5.74, 6) is -1.21. The second kappa shape index (κ2) is 9.82. The Bertz CT molecular complexity index is 952. The van der Waals surface area contributed by atoms with Gasteiger partial charge in [-0.05, 0) is 42.0 Å². The molecule has 9 heteroatoms. The van der Waals surface area contributed by atoms with Crippen molar-refractivity contribution in [3.8, 4) is 0 Å². The molecule has 2 aromatic carbocycles. The molecule has 1 saturated heterocycles. The highest BCUT2D eigenvalue weighted by atomic mass is 79.9. The molecule has 3 rings (SSSR count). The predicted molar refractivity (Wildman–Crippen MR) is 119 cm³/mol. The minimum Gasteiger partial charge on any atom is -0.468 e. The van der Waals surface area contributed by atoms with Gasteiger partial charge in [-0.1, -0.05) is 46.3 Å². The Hall–Kier alpha value is -2.78. The van der Waals surface area contributed by atoms with Crippen molar-refractivity contribution in [2.75, 3.05) is 19.0 Å². The van der Waals surface area contributed by atoms with Crippen molar-refractivity contribution in [3.05, 3.63) is 64.6 Å². The number of hydrogen-bond acceptors (Lipinski definition) is 5. The number of amides is 2. The van der Waals surface area contributed by atoms with E-state index >= 15 is 0 Å². The maximum Gasteiger partial charge on any atom is 0.325 e. The summed E-state index contributed by atoms with van der Waals surface area (Å²) in [5, 5.41) is 2.97. The van der Waals surface area contributed by atoms with Gasteiger partial charge < -0.3 is 15.0 Å². The molecule has 0 spiro atoms. The van der Waals surface area contributed by atoms with Crippen LogP contribution in [-0.4, -0.2) is 52.4 Å². The number of methoxy groups -OCH3 is 1. The summed E-state index contributed by atoms with van der Waals surface area (Å²) in [6.45, 7) is 0.0591. The quantitative estimate of drug-likeness (QED) is 0.475. The lowest BCUT2D eigenvalue weighted by molar-refractivity contribution is -0.141. The Kier molecular flexibility index (Phi) is 7.17. The predicted octanol–water partition coefficient (Wildman–Crippen LogP) is 2.95. The van der Waals surface area contributed by atoms with Crippen LogP contribution in [0.4, 0.5) is 5.69 Å². The molecule has 1 heterocycles. The number of rotatable bonds is 7. The van der Waals surface area contributed by atoms with E-state index in [1.165, 1.54) is 16.9 Å². The minimum atomic E-state index is -0.879. The second-order valence-corrected chi connectivity index (χ2v) is 7.95. The smallest absolute Gasteiger partial charge is 0.325 e. The molecule has 2 aromatic rings. The number of halogens is 1. The fourth-order valence-electron chi connectivity index (χ4n) is 3.11. The number of nitrogens with zero attached hydrogens (tertiary/aromatic N) is 2. The molecule has 0 radical (unpaired) electrons. The van der Waals surface area contributed by atoms with Gasteiger partial charge in [0.2, 0.25) is 5.91 Å². The van der Waals surface area contributed by atoms with Gasteiger partial charge in [0.05, 0.1) is 20.1 Å². The van der Waals surface area contributed by atoms with Crippen LogP contribution < -0.4 is 5.32 Å². The van der Waals surface area contributed by atoms with Gasteiger partial charge >= 0.3 is 5.97 Å². The first-order valence-electron chi connectivity index (χ1n) is 9.17. The van der Waals surface area contributed by atoms with Crippen molar-refractivity contribution in [2.24, 2.45) is 0 Å². The molecule has 1 aliphatic heterocycles. The fourth-order valence-corrected chi connectivity index (χ4v) is 3.72. The van der Waals surface area contributed by atoms with Crippen LogP contribution in [0.25, 0.3) is 0 Å². The Balaban J connectivity index is 1.77. The van der Waals surface area contributed by atoms with Gasteiger partial charge in [0.25, 0.3) is 5.91 Å². The lowest BCUT2D eigenvalue weighted by Crippen LogP contribution is -2.41. The number of carbonyl (C=O) groups is 3. The molecule has 0 saturated carbocycles. The molecule has 0 aliphatic carbocycles. The standard InChI is InChI=1S/C21H20BrN3O4S/c1-29-19(27)13-24-17(11-18(26)23-16-9-7-15(22)8-10-16)20(28)25(21(24)30)12-14-5-3-2-4-6-14/h2-10,17H,11-13H2,1H3,(H,23,26)/t17-/m0/s1. The second-order valence-electron chi connectivity index (χ2n) is 6.67. The summed E-state index contributed by atoms with van der Waals surface area (Å²) in [7, 11) is 1.26. The molecule has 0 unspecified atom stereocenters. The molecule has 1 N–H and O–H groups in total.